The Bertz CT molecular complexity index is 213. The van der Waals surface area contributed by atoms with Gasteiger partial charge in [-0.3, -0.25) is 0 Å². The molecule has 0 amide bonds. The number of aliphatic imine (C=N–C) groups is 1. The van der Waals surface area contributed by atoms with Crippen LogP contribution in [0.2, 0.25) is 0 Å². The van der Waals surface area contributed by atoms with Gasteiger partial charge >= 0.3 is 0 Å². The van der Waals surface area contributed by atoms with E-state index in [1.165, 1.54) is 6.08 Å². The van der Waals surface area contributed by atoms with Crippen LogP contribution >= 0.6 is 0 Å². The molecule has 0 fully saturated rings. The molecule has 0 saturated heterocycles. The molecule has 0 bridgehead atoms. The fraction of sp³-hybridized carbons (Fsp3) is 0.250. The number of hydrogen-bond donors (Lipinski definition) is 2. The molecule has 0 aliphatic carbocycles. The molecule has 0 spiro atoms. The topological polar surface area (TPSA) is 48.2 Å². The van der Waals surface area contributed by atoms with Crippen LogP contribution in [0, 0.1) is 5.41 Å². The lowest BCUT2D eigenvalue weighted by molar-refractivity contribution is 0.954. The van der Waals surface area contributed by atoms with Crippen molar-refractivity contribution in [3.05, 3.63) is 24.0 Å². The monoisotopic (exact) mass is 151 g/mol. The molecule has 2 N–H and O–H groups in total. The van der Waals surface area contributed by atoms with Gasteiger partial charge in [-0.2, -0.15) is 0 Å². The third kappa shape index (κ3) is 2.37. The molecule has 0 heterocycles. The van der Waals surface area contributed by atoms with Crippen molar-refractivity contribution >= 4 is 12.4 Å². The Morgan fingerprint density at radius 1 is 1.64 bits per heavy atom. The molecular weight excluding hydrogens is 138 g/mol. The molecule has 0 aromatic rings. The zero-order valence-electron chi connectivity index (χ0n) is 6.94. The lowest BCUT2D eigenvalue weighted by Crippen LogP contribution is -2.09. The van der Waals surface area contributed by atoms with Crippen molar-refractivity contribution in [1.29, 1.82) is 5.41 Å². The lowest BCUT2D eigenvalue weighted by atomic mass is 10.2. The molecule has 0 atom stereocenters. The zero-order chi connectivity index (χ0) is 8.85. The van der Waals surface area contributed by atoms with E-state index in [1.54, 1.807) is 14.0 Å². The fourth-order valence-corrected chi connectivity index (χ4v) is 0.666. The maximum Gasteiger partial charge on any atom is 0.129 e. The molecule has 0 aromatic heterocycles. The van der Waals surface area contributed by atoms with Crippen LogP contribution in [0.1, 0.15) is 6.92 Å². The summed E-state index contributed by atoms with van der Waals surface area (Å²) in [4.78, 5) is 3.71. The molecule has 0 aliphatic heterocycles. The second-order valence-corrected chi connectivity index (χ2v) is 2.00. The summed E-state index contributed by atoms with van der Waals surface area (Å²) in [6.07, 6.45) is 1.47. The first-order chi connectivity index (χ1) is 5.17. The van der Waals surface area contributed by atoms with E-state index >= 15 is 0 Å². The van der Waals surface area contributed by atoms with Gasteiger partial charge < -0.3 is 10.7 Å². The first kappa shape index (κ1) is 9.62. The number of hydrogen-bond acceptors (Lipinski definition) is 3. The highest BCUT2D eigenvalue weighted by Gasteiger charge is 1.99. The molecule has 0 radical (unpaired) electrons. The second-order valence-electron chi connectivity index (χ2n) is 2.00. The molecule has 0 unspecified atom stereocenters. The van der Waals surface area contributed by atoms with Gasteiger partial charge in [0.25, 0.3) is 0 Å². The van der Waals surface area contributed by atoms with Gasteiger partial charge in [0.1, 0.15) is 5.82 Å². The predicted octanol–water partition coefficient (Wildman–Crippen LogP) is 1.34. The maximum atomic E-state index is 7.38. The smallest absolute Gasteiger partial charge is 0.129 e. The largest absolute Gasteiger partial charge is 0.373 e. The number of nitrogens with zero attached hydrogens (tertiary/aromatic N) is 1. The van der Waals surface area contributed by atoms with Crippen molar-refractivity contribution in [2.45, 2.75) is 6.92 Å². The molecule has 0 saturated carbocycles. The molecule has 60 valence electrons. The van der Waals surface area contributed by atoms with Crippen LogP contribution in [0.5, 0.6) is 0 Å². The van der Waals surface area contributed by atoms with Gasteiger partial charge in [-0.1, -0.05) is 6.58 Å². The van der Waals surface area contributed by atoms with Crippen molar-refractivity contribution in [2.24, 2.45) is 4.99 Å². The molecular formula is C8H13N3. The molecule has 11 heavy (non-hydrogen) atoms. The van der Waals surface area contributed by atoms with Gasteiger partial charge in [-0.15, -0.1) is 0 Å². The van der Waals surface area contributed by atoms with Gasteiger partial charge in [-0.05, 0) is 19.7 Å². The van der Waals surface area contributed by atoms with Gasteiger partial charge in [0.15, 0.2) is 0 Å². The summed E-state index contributed by atoms with van der Waals surface area (Å²) in [6.45, 7) is 8.65. The zero-order valence-corrected chi connectivity index (χ0v) is 6.94. The lowest BCUT2D eigenvalue weighted by Gasteiger charge is -2.04. The normalized spacial score (nSPS) is 11.5. The summed E-state index contributed by atoms with van der Waals surface area (Å²) >= 11 is 0. The minimum Gasteiger partial charge on any atom is -0.373 e. The summed E-state index contributed by atoms with van der Waals surface area (Å²) in [5.74, 6) is 0.620. The van der Waals surface area contributed by atoms with Crippen LogP contribution in [0.15, 0.2) is 29.0 Å². The highest BCUT2D eigenvalue weighted by Crippen LogP contribution is 2.02. The Morgan fingerprint density at radius 2 is 2.18 bits per heavy atom. The van der Waals surface area contributed by atoms with E-state index in [-0.39, 0.29) is 0 Å². The van der Waals surface area contributed by atoms with Gasteiger partial charge in [0, 0.05) is 12.6 Å². The van der Waals surface area contributed by atoms with Crippen molar-refractivity contribution in [2.75, 3.05) is 7.05 Å². The third-order valence-electron chi connectivity index (χ3n) is 1.36. The molecule has 0 aromatic carbocycles. The van der Waals surface area contributed by atoms with E-state index in [0.29, 0.717) is 11.5 Å². The number of nitrogens with one attached hydrogen (secondary N) is 2. The van der Waals surface area contributed by atoms with Crippen LogP contribution in [-0.4, -0.2) is 19.5 Å². The maximum absolute atomic E-state index is 7.38. The van der Waals surface area contributed by atoms with E-state index in [9.17, 15) is 0 Å². The van der Waals surface area contributed by atoms with Gasteiger partial charge in [0.2, 0.25) is 0 Å². The summed E-state index contributed by atoms with van der Waals surface area (Å²) < 4.78 is 0. The van der Waals surface area contributed by atoms with Gasteiger partial charge in [-0.25, -0.2) is 4.99 Å². The standard InChI is InChI=1S/C8H13N3/c1-5-7(9)6(2)8(10-3)11-4/h5,9,11H,1,3H2,2,4H3/b8-6+,9-7?. The predicted molar refractivity (Wildman–Crippen MR) is 49.2 cm³/mol. The Morgan fingerprint density at radius 3 is 2.45 bits per heavy atom. The Balaban J connectivity index is 4.73. The van der Waals surface area contributed by atoms with Crippen LogP contribution in [0.25, 0.3) is 0 Å². The van der Waals surface area contributed by atoms with Gasteiger partial charge in [0.05, 0.1) is 5.71 Å². The van der Waals surface area contributed by atoms with Crippen LogP contribution in [-0.2, 0) is 0 Å². The molecule has 0 aliphatic rings. The summed E-state index contributed by atoms with van der Waals surface area (Å²) in [5.41, 5.74) is 1.11. The minimum atomic E-state index is 0.363. The first-order valence-electron chi connectivity index (χ1n) is 3.24. The van der Waals surface area contributed by atoms with Crippen molar-refractivity contribution < 1.29 is 0 Å². The van der Waals surface area contributed by atoms with Crippen LogP contribution in [0.3, 0.4) is 0 Å². The van der Waals surface area contributed by atoms with Crippen molar-refractivity contribution in [3.8, 4) is 0 Å². The number of allylic oxidation sites excluding steroid dienone is 2. The average molecular weight is 151 g/mol. The van der Waals surface area contributed by atoms with E-state index in [1.807, 2.05) is 0 Å². The first-order valence-corrected chi connectivity index (χ1v) is 3.24. The van der Waals surface area contributed by atoms with Crippen molar-refractivity contribution in [3.63, 3.8) is 0 Å². The Hall–Kier alpha value is -1.38. The van der Waals surface area contributed by atoms with Crippen LogP contribution in [0.4, 0.5) is 0 Å². The SMILES string of the molecule is C=CC(=N)/C(C)=C(\N=C)NC. The van der Waals surface area contributed by atoms with Crippen molar-refractivity contribution in [1.82, 2.24) is 5.32 Å². The van der Waals surface area contributed by atoms with E-state index < -0.39 is 0 Å². The highest BCUT2D eigenvalue weighted by atomic mass is 15.0. The second kappa shape index (κ2) is 4.44. The molecule has 3 nitrogen and oxygen atoms in total. The quantitative estimate of drug-likeness (QED) is 0.585. The number of rotatable bonds is 4. The highest BCUT2D eigenvalue weighted by molar-refractivity contribution is 6.05. The van der Waals surface area contributed by atoms with E-state index in [4.69, 9.17) is 5.41 Å². The Kier molecular flexibility index (Phi) is 3.88. The fourth-order valence-electron chi connectivity index (χ4n) is 0.666. The van der Waals surface area contributed by atoms with Crippen LogP contribution < -0.4 is 5.32 Å². The average Bonchev–Trinajstić information content (AvgIpc) is 2.05. The minimum absolute atomic E-state index is 0.363. The summed E-state index contributed by atoms with van der Waals surface area (Å²) in [6, 6.07) is 0. The third-order valence-corrected chi connectivity index (χ3v) is 1.36. The molecule has 3 heteroatoms. The summed E-state index contributed by atoms with van der Waals surface area (Å²) in [5, 5.41) is 10.2. The van der Waals surface area contributed by atoms with E-state index in [0.717, 1.165) is 5.57 Å². The van der Waals surface area contributed by atoms with E-state index in [2.05, 4.69) is 23.6 Å². The summed E-state index contributed by atoms with van der Waals surface area (Å²) in [7, 11) is 1.74. The molecule has 0 rings (SSSR count). The Labute approximate surface area is 67.0 Å².